The van der Waals surface area contributed by atoms with Crippen LogP contribution in [0.25, 0.3) is 0 Å². The molecule has 2 bridgehead atoms. The van der Waals surface area contributed by atoms with Crippen LogP contribution in [0.2, 0.25) is 0 Å². The first-order valence-electron chi connectivity index (χ1n) is 8.43. The minimum Gasteiger partial charge on any atom is -0.468 e. The molecule has 0 aliphatic carbocycles. The number of hydrogen-bond donors (Lipinski definition) is 2. The van der Waals surface area contributed by atoms with Crippen molar-refractivity contribution >= 4 is 17.5 Å². The van der Waals surface area contributed by atoms with Gasteiger partial charge in [0.1, 0.15) is 11.7 Å². The molecule has 2 N–H and O–H groups in total. The van der Waals surface area contributed by atoms with Gasteiger partial charge in [0, 0.05) is 18.0 Å². The number of rotatable bonds is 2. The number of piperidine rings is 1. The number of fused-ring (bicyclic) bond motifs is 4. The zero-order valence-corrected chi connectivity index (χ0v) is 14.2. The van der Waals surface area contributed by atoms with Crippen molar-refractivity contribution < 1.29 is 14.3 Å². The monoisotopic (exact) mass is 336 g/mol. The molecule has 1 saturated heterocycles. The number of benzene rings is 2. The third-order valence-electron chi connectivity index (χ3n) is 5.02. The van der Waals surface area contributed by atoms with Crippen molar-refractivity contribution in [1.82, 2.24) is 5.32 Å². The standard InChI is InChI=1S/C20H20N2O3/c1-12-7-3-5-9-15(12)21-18(23)17-14-11-20(2,22-19(17)24)25-16-10-6-4-8-13(14)16/h3-10,14,17H,11H2,1-2H3,(H,21,23)(H,22,24)/t14-,17-,20-/m0/s1. The Labute approximate surface area is 146 Å². The number of carbonyl (C=O) groups excluding carboxylic acids is 2. The molecular formula is C20H20N2O3. The zero-order chi connectivity index (χ0) is 17.6. The fraction of sp³-hybridized carbons (Fsp3) is 0.300. The van der Waals surface area contributed by atoms with Gasteiger partial charge in [-0.2, -0.15) is 0 Å². The molecule has 2 amide bonds. The smallest absolute Gasteiger partial charge is 0.237 e. The van der Waals surface area contributed by atoms with Crippen LogP contribution in [-0.4, -0.2) is 17.5 Å². The lowest BCUT2D eigenvalue weighted by Gasteiger charge is -2.46. The molecule has 0 unspecified atom stereocenters. The van der Waals surface area contributed by atoms with Gasteiger partial charge in [-0.1, -0.05) is 36.4 Å². The van der Waals surface area contributed by atoms with Crippen molar-refractivity contribution in [3.8, 4) is 5.75 Å². The summed E-state index contributed by atoms with van der Waals surface area (Å²) in [6, 6.07) is 15.2. The quantitative estimate of drug-likeness (QED) is 0.829. The van der Waals surface area contributed by atoms with Crippen LogP contribution in [-0.2, 0) is 9.59 Å². The minimum absolute atomic E-state index is 0.201. The summed E-state index contributed by atoms with van der Waals surface area (Å²) in [7, 11) is 0. The first-order valence-corrected chi connectivity index (χ1v) is 8.43. The summed E-state index contributed by atoms with van der Waals surface area (Å²) in [6.07, 6.45) is 0.571. The van der Waals surface area contributed by atoms with Crippen LogP contribution in [0.1, 0.15) is 30.4 Å². The number of amides is 2. The fourth-order valence-corrected chi connectivity index (χ4v) is 3.81. The Morgan fingerprint density at radius 2 is 1.92 bits per heavy atom. The third kappa shape index (κ3) is 2.65. The Morgan fingerprint density at radius 3 is 2.72 bits per heavy atom. The van der Waals surface area contributed by atoms with Gasteiger partial charge in [-0.15, -0.1) is 0 Å². The van der Waals surface area contributed by atoms with Gasteiger partial charge in [0.15, 0.2) is 5.72 Å². The van der Waals surface area contributed by atoms with E-state index in [1.807, 2.05) is 62.4 Å². The van der Waals surface area contributed by atoms with Gasteiger partial charge >= 0.3 is 0 Å². The van der Waals surface area contributed by atoms with Gasteiger partial charge < -0.3 is 15.4 Å². The number of para-hydroxylation sites is 2. The first-order chi connectivity index (χ1) is 12.0. The highest BCUT2D eigenvalue weighted by molar-refractivity contribution is 6.08. The van der Waals surface area contributed by atoms with Crippen molar-refractivity contribution in [1.29, 1.82) is 0 Å². The van der Waals surface area contributed by atoms with Gasteiger partial charge in [-0.05, 0) is 37.1 Å². The van der Waals surface area contributed by atoms with Crippen LogP contribution in [0.4, 0.5) is 5.69 Å². The summed E-state index contributed by atoms with van der Waals surface area (Å²) in [5.41, 5.74) is 1.84. The Balaban J connectivity index is 1.69. The minimum atomic E-state index is -0.780. The fourth-order valence-electron chi connectivity index (χ4n) is 3.81. The lowest BCUT2D eigenvalue weighted by molar-refractivity contribution is -0.145. The SMILES string of the molecule is Cc1ccccc1NC(=O)[C@H]1C(=O)N[C@]2(C)C[C@H]1c1ccccc1O2. The maximum Gasteiger partial charge on any atom is 0.237 e. The van der Waals surface area contributed by atoms with Gasteiger partial charge in [0.25, 0.3) is 0 Å². The molecule has 2 aromatic carbocycles. The molecule has 2 aliphatic rings. The average Bonchev–Trinajstić information content (AvgIpc) is 2.56. The normalized spacial score (nSPS) is 26.9. The number of anilines is 1. The number of hydrogen-bond acceptors (Lipinski definition) is 3. The van der Waals surface area contributed by atoms with E-state index in [0.717, 1.165) is 22.6 Å². The predicted octanol–water partition coefficient (Wildman–Crippen LogP) is 2.96. The van der Waals surface area contributed by atoms with E-state index in [9.17, 15) is 9.59 Å². The van der Waals surface area contributed by atoms with Gasteiger partial charge in [0.2, 0.25) is 11.8 Å². The largest absolute Gasteiger partial charge is 0.468 e. The van der Waals surface area contributed by atoms with Crippen molar-refractivity contribution in [2.24, 2.45) is 5.92 Å². The summed E-state index contributed by atoms with van der Waals surface area (Å²) in [4.78, 5) is 25.6. The third-order valence-corrected chi connectivity index (χ3v) is 5.02. The van der Waals surface area contributed by atoms with Crippen LogP contribution < -0.4 is 15.4 Å². The molecule has 2 aromatic rings. The highest BCUT2D eigenvalue weighted by Gasteiger charge is 2.51. The van der Waals surface area contributed by atoms with E-state index in [-0.39, 0.29) is 17.7 Å². The van der Waals surface area contributed by atoms with E-state index in [2.05, 4.69) is 10.6 Å². The summed E-state index contributed by atoms with van der Waals surface area (Å²) < 4.78 is 5.96. The van der Waals surface area contributed by atoms with Gasteiger partial charge in [-0.25, -0.2) is 0 Å². The Morgan fingerprint density at radius 1 is 1.20 bits per heavy atom. The van der Waals surface area contributed by atoms with Gasteiger partial charge in [-0.3, -0.25) is 9.59 Å². The van der Waals surface area contributed by atoms with Crippen LogP contribution >= 0.6 is 0 Å². The molecule has 0 spiro atoms. The molecule has 0 radical (unpaired) electrons. The molecule has 0 aromatic heterocycles. The highest BCUT2D eigenvalue weighted by Crippen LogP contribution is 2.46. The van der Waals surface area contributed by atoms with Crippen LogP contribution in [0.5, 0.6) is 5.75 Å². The highest BCUT2D eigenvalue weighted by atomic mass is 16.5. The first kappa shape index (κ1) is 15.7. The molecule has 3 atom stereocenters. The van der Waals surface area contributed by atoms with Crippen molar-refractivity contribution in [3.05, 3.63) is 59.7 Å². The second kappa shape index (κ2) is 5.62. The second-order valence-electron chi connectivity index (χ2n) is 6.95. The van der Waals surface area contributed by atoms with E-state index >= 15 is 0 Å². The van der Waals surface area contributed by atoms with Crippen molar-refractivity contribution in [2.45, 2.75) is 31.9 Å². The molecule has 2 aliphatic heterocycles. The average molecular weight is 336 g/mol. The second-order valence-corrected chi connectivity index (χ2v) is 6.95. The lowest BCUT2D eigenvalue weighted by atomic mass is 9.74. The number of nitrogens with one attached hydrogen (secondary N) is 2. The Kier molecular flexibility index (Phi) is 3.53. The predicted molar refractivity (Wildman–Crippen MR) is 94.3 cm³/mol. The molecule has 128 valence electrons. The molecule has 0 saturated carbocycles. The molecular weight excluding hydrogens is 316 g/mol. The summed E-state index contributed by atoms with van der Waals surface area (Å²) in [5.74, 6) is -0.824. The summed E-state index contributed by atoms with van der Waals surface area (Å²) in [5, 5.41) is 5.79. The Bertz CT molecular complexity index is 864. The summed E-state index contributed by atoms with van der Waals surface area (Å²) >= 11 is 0. The maximum absolute atomic E-state index is 12.9. The number of carbonyl (C=O) groups is 2. The lowest BCUT2D eigenvalue weighted by Crippen LogP contribution is -2.62. The topological polar surface area (TPSA) is 67.4 Å². The molecule has 2 heterocycles. The van der Waals surface area contributed by atoms with Crippen LogP contribution in [0, 0.1) is 12.8 Å². The molecule has 5 nitrogen and oxygen atoms in total. The molecule has 1 fully saturated rings. The number of ether oxygens (including phenoxy) is 1. The van der Waals surface area contributed by atoms with E-state index in [1.54, 1.807) is 0 Å². The molecule has 4 rings (SSSR count). The van der Waals surface area contributed by atoms with E-state index in [1.165, 1.54) is 0 Å². The Hall–Kier alpha value is -2.82. The van der Waals surface area contributed by atoms with E-state index in [4.69, 9.17) is 4.74 Å². The number of aryl methyl sites for hydroxylation is 1. The van der Waals surface area contributed by atoms with Gasteiger partial charge in [0.05, 0.1) is 0 Å². The van der Waals surface area contributed by atoms with Crippen molar-refractivity contribution in [3.63, 3.8) is 0 Å². The maximum atomic E-state index is 12.9. The van der Waals surface area contributed by atoms with E-state index < -0.39 is 11.6 Å². The van der Waals surface area contributed by atoms with E-state index in [0.29, 0.717) is 6.42 Å². The van der Waals surface area contributed by atoms with Crippen LogP contribution in [0.15, 0.2) is 48.5 Å². The zero-order valence-electron chi connectivity index (χ0n) is 14.2. The summed E-state index contributed by atoms with van der Waals surface area (Å²) in [6.45, 7) is 3.78. The van der Waals surface area contributed by atoms with Crippen LogP contribution in [0.3, 0.4) is 0 Å². The van der Waals surface area contributed by atoms with Crippen molar-refractivity contribution in [2.75, 3.05) is 5.32 Å². The molecule has 25 heavy (non-hydrogen) atoms. The molecule has 5 heteroatoms.